The van der Waals surface area contributed by atoms with Crippen molar-refractivity contribution in [2.45, 2.75) is 149 Å². The number of carbonyl (C=O) groups excluding carboxylic acids is 4. The summed E-state index contributed by atoms with van der Waals surface area (Å²) in [5.74, 6) is -0.581. The summed E-state index contributed by atoms with van der Waals surface area (Å²) in [4.78, 5) is 58.2. The number of hydrogen-bond donors (Lipinski definition) is 2. The van der Waals surface area contributed by atoms with Gasteiger partial charge in [-0.2, -0.15) is 0 Å². The molecule has 1 aromatic carbocycles. The highest BCUT2D eigenvalue weighted by Crippen LogP contribution is 2.65. The van der Waals surface area contributed by atoms with Crippen molar-refractivity contribution in [2.24, 2.45) is 23.2 Å². The predicted molar refractivity (Wildman–Crippen MR) is 196 cm³/mol. The standard InChI is InChI=1S/C39H59BN4O8/c1-10-13-31(40-51-30-19-26-18-29(38(26,7)8)39(30,9)52-40)41-33(45)28-20-27(49-36(48)43-17-16-24-14-11-12-15-25(24)21-43)22-44(28)34(46)32(23(2)3)42-35(47)50-37(4,5)6/h11-12,14-15,23,26-32H,10,13,16-22H2,1-9H3,(H,41,45)(H,42,47)/t26-,27+,28-,29-,30+,31-,32-,39-/m0/s1. The van der Waals surface area contributed by atoms with E-state index < -0.39 is 60.5 Å². The first-order valence-corrected chi connectivity index (χ1v) is 19.4. The van der Waals surface area contributed by atoms with Gasteiger partial charge in [0.2, 0.25) is 11.8 Å². The van der Waals surface area contributed by atoms with Crippen LogP contribution >= 0.6 is 0 Å². The van der Waals surface area contributed by atoms with Gasteiger partial charge in [0.1, 0.15) is 23.8 Å². The van der Waals surface area contributed by atoms with E-state index in [1.54, 1.807) is 25.7 Å². The normalized spacial score (nSPS) is 30.1. The van der Waals surface area contributed by atoms with E-state index in [2.05, 4.69) is 44.4 Å². The van der Waals surface area contributed by atoms with Crippen molar-refractivity contribution in [2.75, 3.05) is 13.1 Å². The fourth-order valence-electron chi connectivity index (χ4n) is 9.31. The van der Waals surface area contributed by atoms with Crippen molar-refractivity contribution in [3.05, 3.63) is 35.4 Å². The number of amides is 4. The highest BCUT2D eigenvalue weighted by Gasteiger charge is 2.68. The average molecular weight is 723 g/mol. The smallest absolute Gasteiger partial charge is 0.444 e. The minimum Gasteiger partial charge on any atom is -0.444 e. The van der Waals surface area contributed by atoms with Crippen LogP contribution in [0.25, 0.3) is 0 Å². The number of ether oxygens (including phenoxy) is 2. The van der Waals surface area contributed by atoms with E-state index in [0.717, 1.165) is 31.2 Å². The van der Waals surface area contributed by atoms with Crippen molar-refractivity contribution in [1.82, 2.24) is 20.4 Å². The lowest BCUT2D eigenvalue weighted by Crippen LogP contribution is -2.65. The Morgan fingerprint density at radius 3 is 2.40 bits per heavy atom. The number of fused-ring (bicyclic) bond motifs is 1. The van der Waals surface area contributed by atoms with E-state index in [9.17, 15) is 19.2 Å². The lowest BCUT2D eigenvalue weighted by molar-refractivity contribution is -0.199. The summed E-state index contributed by atoms with van der Waals surface area (Å²) < 4.78 is 24.8. The van der Waals surface area contributed by atoms with Gasteiger partial charge in [-0.05, 0) is 87.7 Å². The van der Waals surface area contributed by atoms with E-state index in [4.69, 9.17) is 18.8 Å². The maximum absolute atomic E-state index is 14.4. The Bertz CT molecular complexity index is 1530. The summed E-state index contributed by atoms with van der Waals surface area (Å²) in [6, 6.07) is 6.13. The van der Waals surface area contributed by atoms with Gasteiger partial charge in [-0.1, -0.05) is 65.3 Å². The molecule has 286 valence electrons. The van der Waals surface area contributed by atoms with Crippen molar-refractivity contribution < 1.29 is 38.0 Å². The van der Waals surface area contributed by atoms with Crippen LogP contribution in [0.15, 0.2) is 24.3 Å². The molecular weight excluding hydrogens is 663 g/mol. The van der Waals surface area contributed by atoms with Gasteiger partial charge in [0.05, 0.1) is 24.2 Å². The zero-order valence-electron chi connectivity index (χ0n) is 32.5. The van der Waals surface area contributed by atoms with Gasteiger partial charge in [-0.25, -0.2) is 9.59 Å². The Morgan fingerprint density at radius 1 is 1.04 bits per heavy atom. The fourth-order valence-corrected chi connectivity index (χ4v) is 9.31. The maximum Gasteiger partial charge on any atom is 0.481 e. The van der Waals surface area contributed by atoms with E-state index in [-0.39, 0.29) is 36.3 Å². The monoisotopic (exact) mass is 722 g/mol. The number of alkyl carbamates (subject to hydrolysis) is 1. The van der Waals surface area contributed by atoms with Gasteiger partial charge in [0, 0.05) is 19.5 Å². The highest BCUT2D eigenvalue weighted by molar-refractivity contribution is 6.48. The van der Waals surface area contributed by atoms with Crippen molar-refractivity contribution in [3.8, 4) is 0 Å². The summed E-state index contributed by atoms with van der Waals surface area (Å²) in [7, 11) is -0.618. The number of hydrogen-bond acceptors (Lipinski definition) is 8. The zero-order valence-corrected chi connectivity index (χ0v) is 32.5. The topological polar surface area (TPSA) is 136 Å². The number of likely N-dealkylation sites (tertiary alicyclic amines) is 1. The van der Waals surface area contributed by atoms with Crippen LogP contribution in [0, 0.1) is 23.2 Å². The number of rotatable bonds is 9. The molecule has 52 heavy (non-hydrogen) atoms. The number of nitrogens with one attached hydrogen (secondary N) is 2. The molecule has 0 unspecified atom stereocenters. The molecule has 1 aromatic rings. The molecule has 0 radical (unpaired) electrons. The minimum absolute atomic E-state index is 0.0134. The Balaban J connectivity index is 1.19. The largest absolute Gasteiger partial charge is 0.481 e. The van der Waals surface area contributed by atoms with E-state index in [1.807, 2.05) is 32.0 Å². The van der Waals surface area contributed by atoms with Gasteiger partial charge in [-0.3, -0.25) is 9.59 Å². The molecule has 5 fully saturated rings. The van der Waals surface area contributed by atoms with E-state index in [0.29, 0.717) is 31.3 Å². The SMILES string of the molecule is CCC[C@H](NC(=O)[C@@H]1C[C@@H](OC(=O)N2CCc3ccccc3C2)CN1C(=O)[C@@H](NC(=O)OC(C)(C)C)C(C)C)B1O[C@@H]2C[C@@H]3C[C@@H](C3(C)C)[C@]2(C)O1. The molecule has 4 amide bonds. The third-order valence-electron chi connectivity index (χ3n) is 12.3. The molecule has 3 saturated carbocycles. The molecule has 0 aromatic heterocycles. The van der Waals surface area contributed by atoms with Gasteiger partial charge in [0.25, 0.3) is 0 Å². The van der Waals surface area contributed by atoms with Crippen LogP contribution in [-0.4, -0.2) is 95.4 Å². The van der Waals surface area contributed by atoms with Crippen LogP contribution in [-0.2, 0) is 41.3 Å². The van der Waals surface area contributed by atoms with Gasteiger partial charge >= 0.3 is 19.3 Å². The molecule has 6 aliphatic rings. The van der Waals surface area contributed by atoms with Crippen molar-refractivity contribution in [1.29, 1.82) is 0 Å². The molecule has 2 saturated heterocycles. The van der Waals surface area contributed by atoms with Crippen LogP contribution in [0.3, 0.4) is 0 Å². The molecule has 3 aliphatic carbocycles. The molecule has 3 heterocycles. The molecule has 13 heteroatoms. The first-order chi connectivity index (χ1) is 24.4. The third kappa shape index (κ3) is 7.54. The number of nitrogens with zero attached hydrogens (tertiary/aromatic N) is 2. The lowest BCUT2D eigenvalue weighted by atomic mass is 9.43. The Hall–Kier alpha value is -3.32. The van der Waals surface area contributed by atoms with Crippen LogP contribution in [0.2, 0.25) is 0 Å². The van der Waals surface area contributed by atoms with Crippen molar-refractivity contribution in [3.63, 3.8) is 0 Å². The second kappa shape index (κ2) is 14.5. The van der Waals surface area contributed by atoms with E-state index in [1.165, 1.54) is 10.5 Å². The van der Waals surface area contributed by atoms with Crippen LogP contribution in [0.5, 0.6) is 0 Å². The second-order valence-electron chi connectivity index (χ2n) is 17.8. The number of benzene rings is 1. The first-order valence-electron chi connectivity index (χ1n) is 19.4. The quantitative estimate of drug-likeness (QED) is 0.330. The molecule has 3 aliphatic heterocycles. The predicted octanol–water partition coefficient (Wildman–Crippen LogP) is 5.25. The zero-order chi connectivity index (χ0) is 37.7. The lowest BCUT2D eigenvalue weighted by Gasteiger charge is -2.64. The Morgan fingerprint density at radius 2 is 1.75 bits per heavy atom. The van der Waals surface area contributed by atoms with Crippen molar-refractivity contribution >= 4 is 31.1 Å². The minimum atomic E-state index is -0.968. The molecule has 2 bridgehead atoms. The summed E-state index contributed by atoms with van der Waals surface area (Å²) in [5.41, 5.74) is 1.28. The fraction of sp³-hybridized carbons (Fsp3) is 0.744. The average Bonchev–Trinajstić information content (AvgIpc) is 3.66. The molecule has 7 rings (SSSR count). The molecule has 0 spiro atoms. The summed E-state index contributed by atoms with van der Waals surface area (Å²) in [6.07, 6.45) is 2.36. The molecule has 8 atom stereocenters. The van der Waals surface area contributed by atoms with E-state index >= 15 is 0 Å². The summed E-state index contributed by atoms with van der Waals surface area (Å²) in [6.45, 7) is 18.7. The third-order valence-corrected chi connectivity index (χ3v) is 12.3. The Kier molecular flexibility index (Phi) is 10.7. The van der Waals surface area contributed by atoms with Gasteiger partial charge in [0.15, 0.2) is 0 Å². The summed E-state index contributed by atoms with van der Waals surface area (Å²) in [5, 5.41) is 5.94. The summed E-state index contributed by atoms with van der Waals surface area (Å²) >= 11 is 0. The van der Waals surface area contributed by atoms with Crippen LogP contribution in [0.1, 0.15) is 106 Å². The molecule has 2 N–H and O–H groups in total. The Labute approximate surface area is 309 Å². The first kappa shape index (κ1) is 38.4. The highest BCUT2D eigenvalue weighted by atomic mass is 16.7. The van der Waals surface area contributed by atoms with Gasteiger partial charge in [-0.15, -0.1) is 0 Å². The van der Waals surface area contributed by atoms with Crippen LogP contribution < -0.4 is 10.6 Å². The number of carbonyl (C=O) groups is 4. The molecular formula is C39H59BN4O8. The molecule has 12 nitrogen and oxygen atoms in total. The van der Waals surface area contributed by atoms with Gasteiger partial charge < -0.3 is 39.2 Å². The van der Waals surface area contributed by atoms with Crippen LogP contribution in [0.4, 0.5) is 9.59 Å². The second-order valence-corrected chi connectivity index (χ2v) is 17.8. The maximum atomic E-state index is 14.4.